The molecule has 0 atom stereocenters. The molecule has 28 heavy (non-hydrogen) atoms. The number of rotatable bonds is 5. The summed E-state index contributed by atoms with van der Waals surface area (Å²) >= 11 is 0. The number of amides is 3. The fourth-order valence-corrected chi connectivity index (χ4v) is 2.46. The van der Waals surface area contributed by atoms with Gasteiger partial charge >= 0.3 is 0 Å². The lowest BCUT2D eigenvalue weighted by molar-refractivity contribution is -0.114. The molecule has 0 unspecified atom stereocenters. The summed E-state index contributed by atoms with van der Waals surface area (Å²) in [5.74, 6) is -0.946. The topological polar surface area (TPSA) is 100 Å². The highest BCUT2D eigenvalue weighted by atomic mass is 16.2. The predicted octanol–water partition coefficient (Wildman–Crippen LogP) is 3.54. The Labute approximate surface area is 161 Å². The SMILES string of the molecule is CC(=O)Nc1ccc(NC(=O)c2ccnc(C(=O)Nc3ccccc3)c2)cc1. The van der Waals surface area contributed by atoms with Crippen molar-refractivity contribution in [2.75, 3.05) is 16.0 Å². The van der Waals surface area contributed by atoms with E-state index in [2.05, 4.69) is 20.9 Å². The normalized spacial score (nSPS) is 10.0. The first-order valence-electron chi connectivity index (χ1n) is 8.53. The van der Waals surface area contributed by atoms with Gasteiger partial charge in [0.25, 0.3) is 11.8 Å². The van der Waals surface area contributed by atoms with E-state index in [4.69, 9.17) is 0 Å². The number of para-hydroxylation sites is 1. The van der Waals surface area contributed by atoms with E-state index in [0.29, 0.717) is 22.6 Å². The van der Waals surface area contributed by atoms with Crippen LogP contribution in [0.4, 0.5) is 17.1 Å². The molecule has 0 saturated carbocycles. The average Bonchev–Trinajstić information content (AvgIpc) is 2.70. The average molecular weight is 374 g/mol. The van der Waals surface area contributed by atoms with Crippen LogP contribution in [0, 0.1) is 0 Å². The lowest BCUT2D eigenvalue weighted by Gasteiger charge is -2.08. The van der Waals surface area contributed by atoms with Crippen LogP contribution in [0.3, 0.4) is 0 Å². The molecule has 0 saturated heterocycles. The lowest BCUT2D eigenvalue weighted by atomic mass is 10.2. The molecule has 140 valence electrons. The molecule has 0 radical (unpaired) electrons. The number of carbonyl (C=O) groups is 3. The van der Waals surface area contributed by atoms with E-state index in [1.807, 2.05) is 18.2 Å². The van der Waals surface area contributed by atoms with E-state index >= 15 is 0 Å². The van der Waals surface area contributed by atoms with Gasteiger partial charge in [-0.25, -0.2) is 0 Å². The number of hydrogen-bond donors (Lipinski definition) is 3. The molecule has 3 rings (SSSR count). The molecule has 2 aromatic carbocycles. The Bertz CT molecular complexity index is 1000. The van der Waals surface area contributed by atoms with Gasteiger partial charge in [-0.05, 0) is 48.5 Å². The monoisotopic (exact) mass is 374 g/mol. The molecule has 3 aromatic rings. The summed E-state index contributed by atoms with van der Waals surface area (Å²) in [7, 11) is 0. The number of aromatic nitrogens is 1. The van der Waals surface area contributed by atoms with Crippen LogP contribution in [-0.4, -0.2) is 22.7 Å². The molecule has 0 fully saturated rings. The molecule has 0 aliphatic carbocycles. The van der Waals surface area contributed by atoms with Crippen molar-refractivity contribution in [3.05, 3.63) is 84.2 Å². The van der Waals surface area contributed by atoms with E-state index < -0.39 is 5.91 Å². The Kier molecular flexibility index (Phi) is 5.76. The Morgan fingerprint density at radius 2 is 1.29 bits per heavy atom. The molecular weight excluding hydrogens is 356 g/mol. The summed E-state index contributed by atoms with van der Waals surface area (Å²) < 4.78 is 0. The highest BCUT2D eigenvalue weighted by Gasteiger charge is 2.12. The Morgan fingerprint density at radius 1 is 0.714 bits per heavy atom. The third-order valence-corrected chi connectivity index (χ3v) is 3.75. The van der Waals surface area contributed by atoms with Gasteiger partial charge in [0, 0.05) is 35.7 Å². The zero-order chi connectivity index (χ0) is 19.9. The summed E-state index contributed by atoms with van der Waals surface area (Å²) in [5, 5.41) is 8.12. The largest absolute Gasteiger partial charge is 0.326 e. The van der Waals surface area contributed by atoms with Gasteiger partial charge in [-0.15, -0.1) is 0 Å². The maximum Gasteiger partial charge on any atom is 0.274 e. The van der Waals surface area contributed by atoms with Crippen LogP contribution in [0.15, 0.2) is 72.9 Å². The summed E-state index contributed by atoms with van der Waals surface area (Å²) in [5.41, 5.74) is 2.28. The summed E-state index contributed by atoms with van der Waals surface area (Å²) in [6, 6.07) is 18.7. The number of benzene rings is 2. The fourth-order valence-electron chi connectivity index (χ4n) is 2.46. The third-order valence-electron chi connectivity index (χ3n) is 3.75. The molecule has 7 heteroatoms. The van der Waals surface area contributed by atoms with Gasteiger partial charge < -0.3 is 16.0 Å². The molecule has 3 amide bonds. The van der Waals surface area contributed by atoms with Crippen LogP contribution in [0.25, 0.3) is 0 Å². The van der Waals surface area contributed by atoms with Crippen molar-refractivity contribution in [1.29, 1.82) is 0 Å². The van der Waals surface area contributed by atoms with Crippen LogP contribution in [0.1, 0.15) is 27.8 Å². The fraction of sp³-hybridized carbons (Fsp3) is 0.0476. The van der Waals surface area contributed by atoms with Crippen molar-refractivity contribution in [2.24, 2.45) is 0 Å². The molecule has 0 bridgehead atoms. The maximum atomic E-state index is 12.5. The van der Waals surface area contributed by atoms with Gasteiger partial charge in [-0.3, -0.25) is 19.4 Å². The van der Waals surface area contributed by atoms with Crippen molar-refractivity contribution in [1.82, 2.24) is 4.98 Å². The first kappa shape index (κ1) is 18.8. The molecule has 0 spiro atoms. The van der Waals surface area contributed by atoms with Crippen LogP contribution >= 0.6 is 0 Å². The van der Waals surface area contributed by atoms with Gasteiger partial charge in [0.2, 0.25) is 5.91 Å². The van der Waals surface area contributed by atoms with Crippen LogP contribution in [0.5, 0.6) is 0 Å². The van der Waals surface area contributed by atoms with Crippen molar-refractivity contribution in [3.8, 4) is 0 Å². The third kappa shape index (κ3) is 5.01. The zero-order valence-corrected chi connectivity index (χ0v) is 15.1. The van der Waals surface area contributed by atoms with E-state index in [9.17, 15) is 14.4 Å². The highest BCUT2D eigenvalue weighted by molar-refractivity contribution is 6.07. The predicted molar refractivity (Wildman–Crippen MR) is 107 cm³/mol. The van der Waals surface area contributed by atoms with Crippen molar-refractivity contribution in [3.63, 3.8) is 0 Å². The van der Waals surface area contributed by atoms with Gasteiger partial charge in [0.05, 0.1) is 0 Å². The van der Waals surface area contributed by atoms with E-state index in [1.54, 1.807) is 36.4 Å². The second-order valence-corrected chi connectivity index (χ2v) is 5.96. The second kappa shape index (κ2) is 8.59. The van der Waals surface area contributed by atoms with Crippen molar-refractivity contribution < 1.29 is 14.4 Å². The Hall–Kier alpha value is -4.00. The maximum absolute atomic E-state index is 12.5. The molecule has 1 aromatic heterocycles. The van der Waals surface area contributed by atoms with Crippen LogP contribution in [0.2, 0.25) is 0 Å². The second-order valence-electron chi connectivity index (χ2n) is 5.96. The lowest BCUT2D eigenvalue weighted by Crippen LogP contribution is -2.17. The number of nitrogens with one attached hydrogen (secondary N) is 3. The number of nitrogens with zero attached hydrogens (tertiary/aromatic N) is 1. The standard InChI is InChI=1S/C21H18N4O3/c1-14(26)23-17-7-9-18(10-8-17)24-20(27)15-11-12-22-19(13-15)21(28)25-16-5-3-2-4-6-16/h2-13H,1H3,(H,23,26)(H,24,27)(H,25,28). The van der Waals surface area contributed by atoms with Crippen LogP contribution < -0.4 is 16.0 Å². The summed E-state index contributed by atoms with van der Waals surface area (Å²) in [4.78, 5) is 39.9. The first-order valence-corrected chi connectivity index (χ1v) is 8.53. The van der Waals surface area contributed by atoms with Gasteiger partial charge in [-0.1, -0.05) is 18.2 Å². The minimum Gasteiger partial charge on any atom is -0.326 e. The quantitative estimate of drug-likeness (QED) is 0.636. The molecule has 0 aliphatic rings. The van der Waals surface area contributed by atoms with Gasteiger partial charge in [0.1, 0.15) is 5.69 Å². The first-order chi connectivity index (χ1) is 13.5. The molecular formula is C21H18N4O3. The molecule has 1 heterocycles. The summed E-state index contributed by atoms with van der Waals surface area (Å²) in [6.45, 7) is 1.42. The van der Waals surface area contributed by atoms with E-state index in [1.165, 1.54) is 25.3 Å². The van der Waals surface area contributed by atoms with Gasteiger partial charge in [-0.2, -0.15) is 0 Å². The van der Waals surface area contributed by atoms with Gasteiger partial charge in [0.15, 0.2) is 0 Å². The zero-order valence-electron chi connectivity index (χ0n) is 15.1. The molecule has 3 N–H and O–H groups in total. The van der Waals surface area contributed by atoms with Crippen LogP contribution in [-0.2, 0) is 4.79 Å². The van der Waals surface area contributed by atoms with Crippen molar-refractivity contribution in [2.45, 2.75) is 6.92 Å². The number of pyridine rings is 1. The highest BCUT2D eigenvalue weighted by Crippen LogP contribution is 2.15. The van der Waals surface area contributed by atoms with E-state index in [0.717, 1.165) is 0 Å². The minimum atomic E-state index is -0.402. The Balaban J connectivity index is 1.68. The summed E-state index contributed by atoms with van der Waals surface area (Å²) in [6.07, 6.45) is 1.41. The molecule has 0 aliphatic heterocycles. The molecule has 7 nitrogen and oxygen atoms in total. The number of hydrogen-bond acceptors (Lipinski definition) is 4. The number of carbonyl (C=O) groups excluding carboxylic acids is 3. The minimum absolute atomic E-state index is 0.137. The van der Waals surface area contributed by atoms with E-state index in [-0.39, 0.29) is 17.5 Å². The van der Waals surface area contributed by atoms with Crippen molar-refractivity contribution >= 4 is 34.8 Å². The smallest absolute Gasteiger partial charge is 0.274 e. The Morgan fingerprint density at radius 3 is 1.93 bits per heavy atom. The number of anilines is 3.